The average Bonchev–Trinajstić information content (AvgIpc) is 2.72. The molecule has 1 unspecified atom stereocenters. The largest absolute Gasteiger partial charge is 0.573 e. The molecule has 32 heavy (non-hydrogen) atoms. The van der Waals surface area contributed by atoms with Crippen molar-refractivity contribution in [1.82, 2.24) is 10.2 Å². The van der Waals surface area contributed by atoms with E-state index in [1.165, 1.54) is 24.1 Å². The zero-order valence-corrected chi connectivity index (χ0v) is 18.6. The number of carbonyl (C=O) groups is 1. The first kappa shape index (κ1) is 25.9. The highest BCUT2D eigenvalue weighted by Crippen LogP contribution is 2.31. The highest BCUT2D eigenvalue weighted by molar-refractivity contribution is 8.06. The van der Waals surface area contributed by atoms with Gasteiger partial charge in [-0.3, -0.25) is 4.90 Å². The number of carbonyl (C=O) groups excluding carboxylic acids is 1. The fraction of sp³-hybridized carbons (Fsp3) is 0.476. The van der Waals surface area contributed by atoms with Gasteiger partial charge in [0.25, 0.3) is 0 Å². The molecule has 7 nitrogen and oxygen atoms in total. The van der Waals surface area contributed by atoms with Crippen LogP contribution in [0.1, 0.15) is 25.7 Å². The van der Waals surface area contributed by atoms with Crippen molar-refractivity contribution in [2.45, 2.75) is 38.3 Å². The first-order chi connectivity index (χ1) is 15.1. The van der Waals surface area contributed by atoms with Crippen molar-refractivity contribution < 1.29 is 36.9 Å². The van der Waals surface area contributed by atoms with Gasteiger partial charge in [-0.25, -0.2) is 4.79 Å². The Balaban J connectivity index is 1.68. The number of hydrogen-bond acceptors (Lipinski definition) is 6. The summed E-state index contributed by atoms with van der Waals surface area (Å²) in [5.41, 5.74) is 0. The van der Waals surface area contributed by atoms with Crippen molar-refractivity contribution in [3.8, 4) is 11.5 Å². The summed E-state index contributed by atoms with van der Waals surface area (Å²) in [6.45, 7) is 9.11. The van der Waals surface area contributed by atoms with Crippen LogP contribution in [-0.4, -0.2) is 50.4 Å². The average molecular weight is 477 g/mol. The van der Waals surface area contributed by atoms with Crippen molar-refractivity contribution in [2.75, 3.05) is 26.8 Å². The summed E-state index contributed by atoms with van der Waals surface area (Å²) in [5, 5.41) is 3.20. The number of ether oxygens (including phenoxy) is 4. The summed E-state index contributed by atoms with van der Waals surface area (Å²) in [5.74, 6) is -0.312. The summed E-state index contributed by atoms with van der Waals surface area (Å²) in [6.07, 6.45) is -1.30. The van der Waals surface area contributed by atoms with Crippen LogP contribution in [0.25, 0.3) is 0 Å². The van der Waals surface area contributed by atoms with Crippen LogP contribution >= 0.6 is 11.8 Å². The third-order valence-electron chi connectivity index (χ3n) is 4.22. The van der Waals surface area contributed by atoms with E-state index in [0.717, 1.165) is 43.2 Å². The molecule has 1 aliphatic heterocycles. The zero-order chi connectivity index (χ0) is 23.6. The number of rotatable bonds is 11. The van der Waals surface area contributed by atoms with Crippen LogP contribution in [0.2, 0.25) is 0 Å². The van der Waals surface area contributed by atoms with Gasteiger partial charge in [-0.2, -0.15) is 0 Å². The second-order valence-electron chi connectivity index (χ2n) is 6.80. The first-order valence-electron chi connectivity index (χ1n) is 9.98. The highest BCUT2D eigenvalue weighted by atomic mass is 32.2. The summed E-state index contributed by atoms with van der Waals surface area (Å²) >= 11 is 0.962. The molecule has 1 N–H and O–H groups in total. The van der Waals surface area contributed by atoms with E-state index in [0.29, 0.717) is 31.2 Å². The summed E-state index contributed by atoms with van der Waals surface area (Å²) in [7, 11) is 1.53. The molecule has 0 spiro atoms. The number of nitrogens with one attached hydrogen (secondary N) is 1. The maximum Gasteiger partial charge on any atom is 0.573 e. The lowest BCUT2D eigenvalue weighted by molar-refractivity contribution is -0.274. The third-order valence-corrected chi connectivity index (χ3v) is 5.04. The molecule has 2 amide bonds. The van der Waals surface area contributed by atoms with E-state index in [-0.39, 0.29) is 23.2 Å². The zero-order valence-electron chi connectivity index (χ0n) is 17.8. The number of hydrogen-bond donors (Lipinski definition) is 1. The van der Waals surface area contributed by atoms with Gasteiger partial charge in [0.2, 0.25) is 0 Å². The van der Waals surface area contributed by atoms with Crippen molar-refractivity contribution >= 4 is 17.8 Å². The molecule has 1 heterocycles. The van der Waals surface area contributed by atoms with Gasteiger partial charge in [-0.05, 0) is 56.2 Å². The van der Waals surface area contributed by atoms with Gasteiger partial charge in [0.05, 0.1) is 11.6 Å². The van der Waals surface area contributed by atoms with Crippen molar-refractivity contribution in [1.29, 1.82) is 0 Å². The Hall–Kier alpha value is -2.37. The molecule has 0 saturated carbocycles. The van der Waals surface area contributed by atoms with Gasteiger partial charge < -0.3 is 24.3 Å². The van der Waals surface area contributed by atoms with Gasteiger partial charge in [0.15, 0.2) is 11.4 Å². The molecule has 2 rings (SSSR count). The van der Waals surface area contributed by atoms with Gasteiger partial charge in [-0.1, -0.05) is 12.6 Å². The van der Waals surface area contributed by atoms with Crippen molar-refractivity contribution in [2.24, 2.45) is 0 Å². The molecule has 11 heteroatoms. The molecular weight excluding hydrogens is 449 g/mol. The molecular formula is C21H27F3N2O5S. The smallest absolute Gasteiger partial charge is 0.451 e. The molecule has 0 aliphatic carbocycles. The van der Waals surface area contributed by atoms with Gasteiger partial charge in [-0.15, -0.1) is 13.2 Å². The topological polar surface area (TPSA) is 69.3 Å². The molecule has 178 valence electrons. The number of halogens is 3. The van der Waals surface area contributed by atoms with Gasteiger partial charge in [0.1, 0.15) is 11.5 Å². The maximum atomic E-state index is 12.3. The van der Waals surface area contributed by atoms with Crippen LogP contribution in [0.5, 0.6) is 11.5 Å². The molecule has 1 atom stereocenters. The van der Waals surface area contributed by atoms with Crippen LogP contribution in [0, 0.1) is 0 Å². The molecule has 1 saturated heterocycles. The Morgan fingerprint density at radius 2 is 2.06 bits per heavy atom. The monoisotopic (exact) mass is 476 g/mol. The van der Waals surface area contributed by atoms with E-state index in [1.54, 1.807) is 0 Å². The molecule has 1 aliphatic rings. The minimum atomic E-state index is -4.80. The maximum absolute atomic E-state index is 12.3. The summed E-state index contributed by atoms with van der Waals surface area (Å²) in [6, 6.07) is 4.67. The molecule has 0 bridgehead atoms. The molecule has 1 aromatic rings. The second-order valence-corrected chi connectivity index (χ2v) is 7.93. The Bertz CT molecular complexity index is 785. The first-order valence-corrected chi connectivity index (χ1v) is 10.8. The quantitative estimate of drug-likeness (QED) is 0.349. The minimum absolute atomic E-state index is 0.103. The number of thioether (sulfide) groups is 1. The Morgan fingerprint density at radius 1 is 1.31 bits per heavy atom. The Labute approximate surface area is 189 Å². The standard InChI is InChI=1S/C21H27F3N2O5S/c1-15(26(3)20(27)25-11-7-13-29-19-10-4-5-12-28-19)32-16(2)30-17-8-6-9-18(14-17)31-21(22,23)24/h6,8-9,14,19H,1-2,4-5,7,10-13H2,3H3,(H,25,27). The predicted molar refractivity (Wildman–Crippen MR) is 115 cm³/mol. The molecule has 1 aromatic carbocycles. The van der Waals surface area contributed by atoms with Gasteiger partial charge in [0, 0.05) is 26.3 Å². The van der Waals surface area contributed by atoms with Crippen LogP contribution in [-0.2, 0) is 9.47 Å². The molecule has 0 aromatic heterocycles. The lowest BCUT2D eigenvalue weighted by Crippen LogP contribution is -2.36. The summed E-state index contributed by atoms with van der Waals surface area (Å²) < 4.78 is 57.4. The normalized spacial score (nSPS) is 16.2. The van der Waals surface area contributed by atoms with E-state index in [2.05, 4.69) is 23.2 Å². The number of alkyl halides is 3. The van der Waals surface area contributed by atoms with Gasteiger partial charge >= 0.3 is 12.4 Å². The SMILES string of the molecule is C=C(Oc1cccc(OC(F)(F)F)c1)SC(=C)N(C)C(=O)NCCCOC1CCCCO1. The second kappa shape index (κ2) is 12.6. The number of amides is 2. The number of nitrogens with zero attached hydrogens (tertiary/aromatic N) is 1. The van der Waals surface area contributed by atoms with Crippen molar-refractivity contribution in [3.05, 3.63) is 47.5 Å². The van der Waals surface area contributed by atoms with Crippen LogP contribution in [0.3, 0.4) is 0 Å². The van der Waals surface area contributed by atoms with E-state index in [4.69, 9.17) is 14.2 Å². The van der Waals surface area contributed by atoms with Crippen LogP contribution < -0.4 is 14.8 Å². The van der Waals surface area contributed by atoms with E-state index < -0.39 is 12.1 Å². The fourth-order valence-corrected chi connectivity index (χ4v) is 3.26. The van der Waals surface area contributed by atoms with Crippen LogP contribution in [0.15, 0.2) is 47.5 Å². The number of urea groups is 1. The Morgan fingerprint density at radius 3 is 2.75 bits per heavy atom. The molecule has 0 radical (unpaired) electrons. The third kappa shape index (κ3) is 9.84. The van der Waals surface area contributed by atoms with Crippen molar-refractivity contribution in [3.63, 3.8) is 0 Å². The lowest BCUT2D eigenvalue weighted by atomic mass is 10.2. The highest BCUT2D eigenvalue weighted by Gasteiger charge is 2.31. The van der Waals surface area contributed by atoms with E-state index in [9.17, 15) is 18.0 Å². The van der Waals surface area contributed by atoms with E-state index >= 15 is 0 Å². The predicted octanol–water partition coefficient (Wildman–Crippen LogP) is 5.21. The fourth-order valence-electron chi connectivity index (χ4n) is 2.64. The molecule has 1 fully saturated rings. The summed E-state index contributed by atoms with van der Waals surface area (Å²) in [4.78, 5) is 13.5. The van der Waals surface area contributed by atoms with Crippen LogP contribution in [0.4, 0.5) is 18.0 Å². The number of benzene rings is 1. The van der Waals surface area contributed by atoms with E-state index in [1.807, 2.05) is 0 Å². The minimum Gasteiger partial charge on any atom is -0.451 e. The Kier molecular flexibility index (Phi) is 10.2. The lowest BCUT2D eigenvalue weighted by Gasteiger charge is -2.23.